The Hall–Kier alpha value is 0.190. The van der Waals surface area contributed by atoms with Gasteiger partial charge in [0.1, 0.15) is 24.4 Å². The van der Waals surface area contributed by atoms with Crippen molar-refractivity contribution in [2.45, 2.75) is 36.6 Å². The molecule has 0 spiro atoms. The highest BCUT2D eigenvalue weighted by atomic mass is 31.0. The Morgan fingerprint density at radius 2 is 1.80 bits per heavy atom. The van der Waals surface area contributed by atoms with Crippen molar-refractivity contribution in [3.05, 3.63) is 0 Å². The lowest BCUT2D eigenvalue weighted by Gasteiger charge is -2.45. The number of aliphatic hydroxyl groups excluding tert-OH is 4. The average Bonchev–Trinajstić information content (AvgIpc) is 2.21. The van der Waals surface area contributed by atoms with Crippen molar-refractivity contribution in [1.82, 2.24) is 0 Å². The molecule has 0 saturated carbocycles. The van der Waals surface area contributed by atoms with Gasteiger partial charge in [-0.2, -0.15) is 0 Å². The summed E-state index contributed by atoms with van der Waals surface area (Å²) in [5.41, 5.74) is 0. The fourth-order valence-corrected chi connectivity index (χ4v) is 2.05. The van der Waals surface area contributed by atoms with E-state index in [1.807, 2.05) is 0 Å². The molecule has 0 amide bonds. The van der Waals surface area contributed by atoms with Crippen LogP contribution in [0.4, 0.5) is 0 Å². The highest BCUT2D eigenvalue weighted by molar-refractivity contribution is 7.16. The van der Waals surface area contributed by atoms with Gasteiger partial charge in [-0.15, -0.1) is 9.24 Å². The van der Waals surface area contributed by atoms with Crippen LogP contribution in [0, 0.1) is 0 Å². The van der Waals surface area contributed by atoms with Gasteiger partial charge in [-0.25, -0.2) is 0 Å². The van der Waals surface area contributed by atoms with Crippen LogP contribution in [-0.4, -0.2) is 68.5 Å². The predicted octanol–water partition coefficient (Wildman–Crippen LogP) is -2.59. The van der Waals surface area contributed by atoms with Crippen LogP contribution >= 0.6 is 9.24 Å². The molecule has 7 heteroatoms. The normalized spacial score (nSPS) is 46.8. The molecule has 0 aromatic carbocycles. The van der Waals surface area contributed by atoms with Gasteiger partial charge in [0.2, 0.25) is 0 Å². The van der Waals surface area contributed by atoms with Gasteiger partial charge in [0.25, 0.3) is 0 Å². The predicted molar refractivity (Wildman–Crippen MR) is 54.1 cm³/mol. The number of rotatable bonds is 3. The summed E-state index contributed by atoms with van der Waals surface area (Å²) in [6.45, 7) is -0.538. The van der Waals surface area contributed by atoms with Crippen molar-refractivity contribution in [3.63, 3.8) is 0 Å². The molecule has 15 heavy (non-hydrogen) atoms. The van der Waals surface area contributed by atoms with Crippen LogP contribution in [0.15, 0.2) is 0 Å². The van der Waals surface area contributed by atoms with Gasteiger partial charge in [0.15, 0.2) is 5.79 Å². The van der Waals surface area contributed by atoms with Crippen molar-refractivity contribution < 1.29 is 30.3 Å². The lowest BCUT2D eigenvalue weighted by molar-refractivity contribution is -0.349. The molecule has 6 nitrogen and oxygen atoms in total. The lowest BCUT2D eigenvalue weighted by Crippen LogP contribution is -2.65. The Morgan fingerprint density at radius 1 is 1.20 bits per heavy atom. The fourth-order valence-electron chi connectivity index (χ4n) is 1.63. The topological polar surface area (TPSA) is 110 Å². The van der Waals surface area contributed by atoms with Gasteiger partial charge < -0.3 is 30.3 Å². The van der Waals surface area contributed by atoms with Gasteiger partial charge in [-0.3, -0.25) is 0 Å². The third-order valence-electron chi connectivity index (χ3n) is 2.55. The lowest BCUT2D eigenvalue weighted by atomic mass is 9.91. The van der Waals surface area contributed by atoms with Crippen molar-refractivity contribution in [1.29, 1.82) is 0 Å². The van der Waals surface area contributed by atoms with E-state index in [0.29, 0.717) is 6.16 Å². The number of hydrogen-bond acceptors (Lipinski definition) is 6. The summed E-state index contributed by atoms with van der Waals surface area (Å²) in [6.07, 6.45) is -5.08. The molecule has 90 valence electrons. The van der Waals surface area contributed by atoms with Crippen molar-refractivity contribution in [3.8, 4) is 0 Å². The van der Waals surface area contributed by atoms with Crippen LogP contribution in [0.1, 0.15) is 6.42 Å². The minimum atomic E-state index is -1.92. The summed E-state index contributed by atoms with van der Waals surface area (Å²) in [5, 5.41) is 47.1. The maximum absolute atomic E-state index is 9.86. The first-order chi connectivity index (χ1) is 6.96. The van der Waals surface area contributed by atoms with Crippen LogP contribution in [-0.2, 0) is 4.74 Å². The first kappa shape index (κ1) is 13.3. The minimum Gasteiger partial charge on any atom is -0.394 e. The van der Waals surface area contributed by atoms with E-state index in [2.05, 4.69) is 9.24 Å². The molecule has 1 heterocycles. The molecule has 0 aromatic heterocycles. The van der Waals surface area contributed by atoms with Crippen LogP contribution < -0.4 is 0 Å². The quantitative estimate of drug-likeness (QED) is 0.346. The summed E-state index contributed by atoms with van der Waals surface area (Å²) in [4.78, 5) is 0. The monoisotopic (exact) mass is 240 g/mol. The minimum absolute atomic E-state index is 0.0825. The third-order valence-corrected chi connectivity index (χ3v) is 2.84. The van der Waals surface area contributed by atoms with Crippen LogP contribution in [0.5, 0.6) is 0 Å². The second-order valence-corrected chi connectivity index (χ2v) is 4.23. The zero-order chi connectivity index (χ0) is 11.6. The highest BCUT2D eigenvalue weighted by Gasteiger charge is 2.51. The van der Waals surface area contributed by atoms with Crippen LogP contribution in [0.25, 0.3) is 0 Å². The van der Waals surface area contributed by atoms with Crippen LogP contribution in [0.3, 0.4) is 0 Å². The molecule has 1 unspecified atom stereocenters. The second kappa shape index (κ2) is 5.01. The number of aliphatic hydroxyl groups is 5. The summed E-state index contributed by atoms with van der Waals surface area (Å²) in [6, 6.07) is 0. The molecule has 1 aliphatic heterocycles. The van der Waals surface area contributed by atoms with Gasteiger partial charge in [-0.05, 0) is 6.16 Å². The molecule has 0 radical (unpaired) electrons. The molecule has 0 aliphatic carbocycles. The first-order valence-electron chi connectivity index (χ1n) is 4.71. The summed E-state index contributed by atoms with van der Waals surface area (Å²) in [7, 11) is 2.35. The van der Waals surface area contributed by atoms with E-state index < -0.39 is 36.8 Å². The standard InChI is InChI=1S/C8H17O6P/c9-3-4-5(10)6(11)7(12)8(13,14-4)1-2-15/h4-7,9-13H,1-3,15H2/t4-,5-,6+,7-,8-/m1/s1. The van der Waals surface area contributed by atoms with Gasteiger partial charge in [0, 0.05) is 6.42 Å². The largest absolute Gasteiger partial charge is 0.394 e. The Morgan fingerprint density at radius 3 is 2.27 bits per heavy atom. The van der Waals surface area contributed by atoms with E-state index in [4.69, 9.17) is 9.84 Å². The van der Waals surface area contributed by atoms with Crippen LogP contribution in [0.2, 0.25) is 0 Å². The van der Waals surface area contributed by atoms with E-state index in [-0.39, 0.29) is 6.42 Å². The molecule has 0 bridgehead atoms. The average molecular weight is 240 g/mol. The Kier molecular flexibility index (Phi) is 4.43. The molecule has 1 fully saturated rings. The summed E-state index contributed by atoms with van der Waals surface area (Å²) >= 11 is 0. The molecule has 6 atom stereocenters. The maximum Gasteiger partial charge on any atom is 0.195 e. The molecule has 5 N–H and O–H groups in total. The molecule has 1 saturated heterocycles. The van der Waals surface area contributed by atoms with E-state index in [9.17, 15) is 20.4 Å². The fraction of sp³-hybridized carbons (Fsp3) is 1.00. The van der Waals surface area contributed by atoms with E-state index in [0.717, 1.165) is 0 Å². The van der Waals surface area contributed by atoms with E-state index >= 15 is 0 Å². The van der Waals surface area contributed by atoms with Gasteiger partial charge in [0.05, 0.1) is 6.61 Å². The highest BCUT2D eigenvalue weighted by Crippen LogP contribution is 2.30. The zero-order valence-corrected chi connectivity index (χ0v) is 9.31. The van der Waals surface area contributed by atoms with Crippen molar-refractivity contribution in [2.24, 2.45) is 0 Å². The molecule has 1 rings (SSSR count). The van der Waals surface area contributed by atoms with Gasteiger partial charge >= 0.3 is 0 Å². The SMILES string of the molecule is OC[C@H]1O[C@](O)(CCP)[C@H](O)[C@@H](O)[C@@H]1O. The number of hydrogen-bond donors (Lipinski definition) is 5. The maximum atomic E-state index is 9.86. The van der Waals surface area contributed by atoms with E-state index in [1.54, 1.807) is 0 Å². The van der Waals surface area contributed by atoms with Crippen molar-refractivity contribution in [2.75, 3.05) is 12.8 Å². The van der Waals surface area contributed by atoms with Gasteiger partial charge in [-0.1, -0.05) is 0 Å². The van der Waals surface area contributed by atoms with Crippen molar-refractivity contribution >= 4 is 9.24 Å². The molecular formula is C8H17O6P. The second-order valence-electron chi connectivity index (χ2n) is 3.65. The zero-order valence-electron chi connectivity index (χ0n) is 8.15. The number of ether oxygens (including phenoxy) is 1. The Bertz CT molecular complexity index is 213. The molecule has 1 aliphatic rings. The van der Waals surface area contributed by atoms with E-state index in [1.165, 1.54) is 0 Å². The molecule has 0 aromatic rings. The summed E-state index contributed by atoms with van der Waals surface area (Å²) < 4.78 is 4.99. The molecular weight excluding hydrogens is 223 g/mol. The first-order valence-corrected chi connectivity index (χ1v) is 5.53. The Labute approximate surface area is 89.7 Å². The smallest absolute Gasteiger partial charge is 0.195 e. The third kappa shape index (κ3) is 2.47. The summed E-state index contributed by atoms with van der Waals surface area (Å²) in [5.74, 6) is -1.92. The Balaban J connectivity index is 2.82.